The molecule has 0 aliphatic rings. The van der Waals surface area contributed by atoms with Crippen LogP contribution in [-0.2, 0) is 7.05 Å². The lowest BCUT2D eigenvalue weighted by atomic mass is 10.3. The predicted octanol–water partition coefficient (Wildman–Crippen LogP) is 2.01. The first kappa shape index (κ1) is 12.9. The minimum absolute atomic E-state index is 0.833. The van der Waals surface area contributed by atoms with Gasteiger partial charge in [-0.2, -0.15) is 13.3 Å². The molecule has 0 fully saturated rings. The highest BCUT2D eigenvalue weighted by Gasteiger charge is 2.20. The zero-order valence-electron chi connectivity index (χ0n) is 7.05. The van der Waals surface area contributed by atoms with Crippen molar-refractivity contribution in [3.8, 4) is 0 Å². The Hall–Kier alpha value is -1.15. The molecule has 1 heterocycles. The van der Waals surface area contributed by atoms with E-state index in [4.69, 9.17) is 0 Å². The first-order valence-electron chi connectivity index (χ1n) is 3.38. The van der Waals surface area contributed by atoms with Gasteiger partial charge in [-0.3, -0.25) is 0 Å². The number of hydrogen-bond acceptors (Lipinski definition) is 0. The van der Waals surface area contributed by atoms with Crippen LogP contribution in [-0.4, -0.2) is 11.8 Å². The summed E-state index contributed by atoms with van der Waals surface area (Å²) in [6.45, 7) is -2.42. The Balaban J connectivity index is 0.000000292. The predicted molar refractivity (Wildman–Crippen MR) is 37.0 cm³/mol. The molecule has 0 bridgehead atoms. The van der Waals surface area contributed by atoms with E-state index in [1.807, 2.05) is 0 Å². The van der Waals surface area contributed by atoms with Gasteiger partial charge in [0.15, 0.2) is 0 Å². The fraction of sp³-hybridized carbons (Fsp3) is 0.400. The van der Waals surface area contributed by atoms with E-state index in [-0.39, 0.29) is 0 Å². The van der Waals surface area contributed by atoms with Crippen LogP contribution in [0.1, 0.15) is 6.55 Å². The average Bonchev–Trinajstić information content (AvgIpc) is 2.31. The van der Waals surface area contributed by atoms with E-state index in [0.29, 0.717) is 0 Å². The van der Waals surface area contributed by atoms with Gasteiger partial charge in [0.05, 0.1) is 7.05 Å². The molecule has 2 nitrogen and oxygen atoms in total. The number of aryl methyl sites for hydroxylation is 1. The quantitative estimate of drug-likeness (QED) is 0.388. The molecule has 0 saturated carbocycles. The Morgan fingerprint density at radius 2 is 1.64 bits per heavy atom. The minimum atomic E-state index is -6.00. The number of imidazole rings is 1. The van der Waals surface area contributed by atoms with Crippen molar-refractivity contribution in [3.63, 3.8) is 0 Å². The highest BCUT2D eigenvalue weighted by Crippen LogP contribution is 2.06. The number of hydrogen-bond donors (Lipinski definition) is 0. The van der Waals surface area contributed by atoms with E-state index in [1.54, 1.807) is 17.8 Å². The summed E-state index contributed by atoms with van der Waals surface area (Å²) in [5.41, 5.74) is 0. The van der Waals surface area contributed by atoms with Crippen molar-refractivity contribution >= 4 is 7.25 Å². The third-order valence-corrected chi connectivity index (χ3v) is 1.01. The molecule has 1 aromatic heterocycles. The Kier molecular flexibility index (Phi) is 4.51. The molecule has 0 aromatic carbocycles. The normalized spacial score (nSPS) is 11.1. The Morgan fingerprint density at radius 3 is 1.79 bits per heavy atom. The fourth-order valence-electron chi connectivity index (χ4n) is 0.585. The molecule has 0 aliphatic heterocycles. The van der Waals surface area contributed by atoms with Crippen LogP contribution in [0.5, 0.6) is 0 Å². The van der Waals surface area contributed by atoms with E-state index < -0.39 is 13.8 Å². The summed E-state index contributed by atoms with van der Waals surface area (Å²) >= 11 is 0. The second-order valence-corrected chi connectivity index (χ2v) is 2.30. The lowest BCUT2D eigenvalue weighted by Crippen LogP contribution is -2.23. The molecule has 1 rings (SSSR count). The second-order valence-electron chi connectivity index (χ2n) is 2.30. The number of nitrogens with zero attached hydrogens (tertiary/aromatic N) is 2. The molecular formula is C5H7BF6N2. The minimum Gasteiger partial charge on any atom is -0.418 e. The molecule has 0 amide bonds. The van der Waals surface area contributed by atoms with Gasteiger partial charge in [0.2, 0.25) is 6.33 Å². The lowest BCUT2D eigenvalue weighted by molar-refractivity contribution is -0.671. The van der Waals surface area contributed by atoms with Crippen molar-refractivity contribution in [2.45, 2.75) is 6.55 Å². The molecular weight excluding hydrogens is 213 g/mol. The molecule has 0 radical (unpaired) electrons. The standard InChI is InChI=1S/C5H7F2N2.BF4/c1-8-2-3-9(4-8)5(6)7;2-1(3,4)5/h2-5H,1H3;/q+1;-1. The summed E-state index contributed by atoms with van der Waals surface area (Å²) in [6.07, 6.45) is 4.21. The van der Waals surface area contributed by atoms with Crippen LogP contribution >= 0.6 is 0 Å². The summed E-state index contributed by atoms with van der Waals surface area (Å²) in [5.74, 6) is 0. The number of rotatable bonds is 1. The van der Waals surface area contributed by atoms with Crippen molar-refractivity contribution in [1.29, 1.82) is 0 Å². The van der Waals surface area contributed by atoms with Gasteiger partial charge in [-0.15, -0.1) is 0 Å². The summed E-state index contributed by atoms with van der Waals surface area (Å²) < 4.78 is 64.9. The van der Waals surface area contributed by atoms with E-state index in [1.165, 1.54) is 12.5 Å². The molecule has 1 aromatic rings. The summed E-state index contributed by atoms with van der Waals surface area (Å²) in [6, 6.07) is 0. The Bertz CT molecular complexity index is 263. The zero-order valence-corrected chi connectivity index (χ0v) is 7.05. The smallest absolute Gasteiger partial charge is 0.418 e. The van der Waals surface area contributed by atoms with Gasteiger partial charge in [0.25, 0.3) is 0 Å². The van der Waals surface area contributed by atoms with Crippen LogP contribution in [0.3, 0.4) is 0 Å². The molecule has 0 unspecified atom stereocenters. The third-order valence-electron chi connectivity index (χ3n) is 1.01. The largest absolute Gasteiger partial charge is 0.673 e. The van der Waals surface area contributed by atoms with Gasteiger partial charge in [0.1, 0.15) is 12.4 Å². The van der Waals surface area contributed by atoms with Gasteiger partial charge in [0, 0.05) is 0 Å². The van der Waals surface area contributed by atoms with Crippen LogP contribution < -0.4 is 4.57 Å². The van der Waals surface area contributed by atoms with Gasteiger partial charge in [-0.05, 0) is 0 Å². The van der Waals surface area contributed by atoms with Crippen molar-refractivity contribution in [1.82, 2.24) is 4.57 Å². The number of halogens is 6. The Morgan fingerprint density at radius 1 is 1.21 bits per heavy atom. The first-order chi connectivity index (χ1) is 6.20. The van der Waals surface area contributed by atoms with Crippen molar-refractivity contribution in [3.05, 3.63) is 18.7 Å². The SMILES string of the molecule is C[n+]1ccn(C(F)F)c1.F[B-](F)(F)F. The van der Waals surface area contributed by atoms with Crippen LogP contribution in [0.15, 0.2) is 18.7 Å². The van der Waals surface area contributed by atoms with Gasteiger partial charge in [-0.1, -0.05) is 0 Å². The molecule has 0 atom stereocenters. The summed E-state index contributed by atoms with van der Waals surface area (Å²) in [4.78, 5) is 0. The van der Waals surface area contributed by atoms with E-state index >= 15 is 0 Å². The monoisotopic (exact) mass is 220 g/mol. The molecule has 0 N–H and O–H groups in total. The maximum Gasteiger partial charge on any atom is 0.673 e. The first-order valence-corrected chi connectivity index (χ1v) is 3.38. The van der Waals surface area contributed by atoms with E-state index in [2.05, 4.69) is 0 Å². The van der Waals surface area contributed by atoms with E-state index in [9.17, 15) is 26.0 Å². The molecule has 0 aliphatic carbocycles. The molecule has 0 saturated heterocycles. The van der Waals surface area contributed by atoms with Crippen LogP contribution in [0.25, 0.3) is 0 Å². The van der Waals surface area contributed by atoms with Crippen LogP contribution in [0.2, 0.25) is 0 Å². The highest BCUT2D eigenvalue weighted by molar-refractivity contribution is 6.50. The van der Waals surface area contributed by atoms with Gasteiger partial charge in [-0.25, -0.2) is 4.57 Å². The molecule has 14 heavy (non-hydrogen) atoms. The molecule has 82 valence electrons. The van der Waals surface area contributed by atoms with Gasteiger partial charge < -0.3 is 17.3 Å². The van der Waals surface area contributed by atoms with Crippen molar-refractivity contribution in [2.24, 2.45) is 7.05 Å². The molecule has 0 spiro atoms. The second kappa shape index (κ2) is 4.92. The average molecular weight is 220 g/mol. The van der Waals surface area contributed by atoms with Crippen LogP contribution in [0, 0.1) is 0 Å². The van der Waals surface area contributed by atoms with Crippen molar-refractivity contribution in [2.75, 3.05) is 0 Å². The van der Waals surface area contributed by atoms with Gasteiger partial charge >= 0.3 is 13.8 Å². The third kappa shape index (κ3) is 7.50. The fourth-order valence-corrected chi connectivity index (χ4v) is 0.585. The highest BCUT2D eigenvalue weighted by atomic mass is 19.5. The summed E-state index contributed by atoms with van der Waals surface area (Å²) in [7, 11) is -4.31. The number of alkyl halides is 2. The maximum atomic E-state index is 11.7. The molecule has 9 heteroatoms. The van der Waals surface area contributed by atoms with Crippen LogP contribution in [0.4, 0.5) is 26.0 Å². The van der Waals surface area contributed by atoms with E-state index in [0.717, 1.165) is 4.57 Å². The number of aromatic nitrogens is 2. The topological polar surface area (TPSA) is 8.81 Å². The summed E-state index contributed by atoms with van der Waals surface area (Å²) in [5, 5.41) is 0. The maximum absolute atomic E-state index is 11.7. The Labute approximate surface area is 75.9 Å². The zero-order chi connectivity index (χ0) is 11.4. The van der Waals surface area contributed by atoms with Crippen molar-refractivity contribution < 1.29 is 30.6 Å². The lowest BCUT2D eigenvalue weighted by Gasteiger charge is -1.94.